The number of methoxy groups -OCH3 is 4. The molecule has 2 fully saturated rings. The van der Waals surface area contributed by atoms with Crippen LogP contribution in [0.2, 0.25) is 0 Å². The van der Waals surface area contributed by atoms with E-state index in [1.54, 1.807) is 33.2 Å². The van der Waals surface area contributed by atoms with Crippen molar-refractivity contribution in [2.75, 3.05) is 55.7 Å². The average Bonchev–Trinajstić information content (AvgIpc) is 0.708. The lowest BCUT2D eigenvalue weighted by Crippen LogP contribution is -2.60. The Hall–Kier alpha value is -9.58. The first-order chi connectivity index (χ1) is 46.5. The van der Waals surface area contributed by atoms with Crippen LogP contribution in [0.15, 0.2) is 145 Å². The Kier molecular flexibility index (Phi) is 18.2. The number of fused-ring (bicyclic) bond motifs is 14. The van der Waals surface area contributed by atoms with Gasteiger partial charge in [-0.05, 0) is 153 Å². The van der Waals surface area contributed by atoms with Gasteiger partial charge in [-0.1, -0.05) is 133 Å². The van der Waals surface area contributed by atoms with Gasteiger partial charge in [0.25, 0.3) is 0 Å². The molecule has 6 aliphatic rings. The summed E-state index contributed by atoms with van der Waals surface area (Å²) < 4.78 is 49.6. The van der Waals surface area contributed by atoms with E-state index in [1.807, 2.05) is 122 Å². The predicted octanol–water partition coefficient (Wildman–Crippen LogP) is 13.9. The molecule has 96 heavy (non-hydrogen) atoms. The maximum absolute atomic E-state index is 14.8. The molecule has 0 aromatic heterocycles. The number of ether oxygens (including phenoxy) is 8. The van der Waals surface area contributed by atoms with Gasteiger partial charge >= 0.3 is 0 Å². The molecule has 16 nitrogen and oxygen atoms in total. The highest BCUT2D eigenvalue weighted by molar-refractivity contribution is 5.92. The molecular weight excluding hydrogens is 1210 g/mol. The molecule has 4 bridgehead atoms. The quantitative estimate of drug-likeness (QED) is 0.0781. The Morgan fingerprint density at radius 1 is 0.417 bits per heavy atom. The third-order valence-corrected chi connectivity index (χ3v) is 20.4. The number of rotatable bonds is 18. The number of nitrogens with zero attached hydrogens (tertiary/aromatic N) is 4. The number of carbonyl (C=O) groups excluding carboxylic acids is 2. The molecule has 0 spiro atoms. The van der Waals surface area contributed by atoms with Crippen molar-refractivity contribution in [3.8, 4) is 46.0 Å². The van der Waals surface area contributed by atoms with Crippen LogP contribution in [0.3, 0.4) is 0 Å². The van der Waals surface area contributed by atoms with Gasteiger partial charge in [-0.3, -0.25) is 19.4 Å². The van der Waals surface area contributed by atoms with E-state index >= 15 is 0 Å². The largest absolute Gasteiger partial charge is 0.507 e. The maximum Gasteiger partial charge on any atom is 0.245 e. The summed E-state index contributed by atoms with van der Waals surface area (Å²) in [6.07, 6.45) is 5.10. The van der Waals surface area contributed by atoms with Gasteiger partial charge in [0.15, 0.2) is 34.5 Å². The van der Waals surface area contributed by atoms with Gasteiger partial charge in [0.2, 0.25) is 11.8 Å². The molecule has 0 saturated carbocycles. The van der Waals surface area contributed by atoms with Gasteiger partial charge in [0.05, 0.1) is 91.1 Å². The van der Waals surface area contributed by atoms with Crippen LogP contribution in [0.4, 0.5) is 0 Å². The van der Waals surface area contributed by atoms with Gasteiger partial charge in [-0.25, -0.2) is 0 Å². The fourth-order valence-corrected chi connectivity index (χ4v) is 15.7. The minimum absolute atomic E-state index is 0.0184. The van der Waals surface area contributed by atoms with Crippen LogP contribution >= 0.6 is 0 Å². The molecular formula is C80H84N4O12. The summed E-state index contributed by atoms with van der Waals surface area (Å²) in [5.74, 6) is 3.60. The molecule has 0 unspecified atom stereocenters. The van der Waals surface area contributed by atoms with Crippen molar-refractivity contribution in [2.24, 2.45) is 0 Å². The number of benzene rings is 8. The third kappa shape index (κ3) is 11.3. The Morgan fingerprint density at radius 3 is 1.21 bits per heavy atom. The van der Waals surface area contributed by atoms with Gasteiger partial charge in [0, 0.05) is 39.2 Å². The fourth-order valence-electron chi connectivity index (χ4n) is 15.7. The summed E-state index contributed by atoms with van der Waals surface area (Å²) in [5, 5.41) is 23.2. The zero-order valence-electron chi connectivity index (χ0n) is 56.7. The lowest BCUT2D eigenvalue weighted by Gasteiger charge is -2.54. The van der Waals surface area contributed by atoms with Crippen LogP contribution in [0.1, 0.15) is 124 Å². The predicted molar refractivity (Wildman–Crippen MR) is 369 cm³/mol. The number of amides is 2. The monoisotopic (exact) mass is 1290 g/mol. The average molecular weight is 1290 g/mol. The number of hydrogen-bond acceptors (Lipinski definition) is 14. The molecule has 2 saturated heterocycles. The minimum Gasteiger partial charge on any atom is -0.507 e. The number of aromatic hydroxyl groups is 2. The Bertz CT molecular complexity index is 4090. The number of hydrogen-bond donors (Lipinski definition) is 2. The zero-order chi connectivity index (χ0) is 67.4. The molecule has 0 radical (unpaired) electrons. The highest BCUT2D eigenvalue weighted by atomic mass is 16.5. The smallest absolute Gasteiger partial charge is 0.245 e. The molecule has 14 rings (SSSR count). The summed E-state index contributed by atoms with van der Waals surface area (Å²) >= 11 is 0. The summed E-state index contributed by atoms with van der Waals surface area (Å²) in [6.45, 7) is 14.0. The molecule has 8 aromatic rings. The van der Waals surface area contributed by atoms with Gasteiger partial charge < -0.3 is 57.9 Å². The number of phenols is 2. The highest BCUT2D eigenvalue weighted by Gasteiger charge is 2.55. The molecule has 2 N–H and O–H groups in total. The number of likely N-dealkylation sites (N-methyl/N-ethyl adjacent to an activating group) is 2. The molecule has 6 heterocycles. The fraction of sp³-hybridized carbons (Fsp3) is 0.325. The molecule has 6 aliphatic heterocycles. The Labute approximate surface area is 562 Å². The van der Waals surface area contributed by atoms with E-state index in [0.29, 0.717) is 79.8 Å². The topological polar surface area (TPSA) is 161 Å². The summed E-state index contributed by atoms with van der Waals surface area (Å²) in [6, 6.07) is 41.9. The first kappa shape index (κ1) is 65.1. The van der Waals surface area contributed by atoms with Gasteiger partial charge in [-0.2, -0.15) is 0 Å². The summed E-state index contributed by atoms with van der Waals surface area (Å²) in [5.41, 5.74) is 18.5. The van der Waals surface area contributed by atoms with Crippen molar-refractivity contribution in [3.05, 3.63) is 245 Å². The number of aryl methyl sites for hydroxylation is 2. The van der Waals surface area contributed by atoms with Crippen molar-refractivity contribution in [1.29, 1.82) is 0 Å². The van der Waals surface area contributed by atoms with E-state index in [9.17, 15) is 19.8 Å². The van der Waals surface area contributed by atoms with Crippen LogP contribution in [-0.2, 0) is 58.3 Å². The van der Waals surface area contributed by atoms with Gasteiger partial charge in [0.1, 0.15) is 24.7 Å². The van der Waals surface area contributed by atoms with Crippen LogP contribution in [-0.4, -0.2) is 109 Å². The number of carbonyl (C=O) groups is 2. The van der Waals surface area contributed by atoms with E-state index in [2.05, 4.69) is 87.0 Å². The number of phenolic OH excluding ortho intramolecular Hbond substituents is 2. The molecule has 16 heteroatoms. The SMILES string of the molecule is COc1c(C)c(C)c2c(c1C)[C@H](COCc1ccccc1)N1C(=O)[C@@H]3Cc4cc(C)c(OC)c(OCc5ccccc5)c4[C@H](C1=C2)N3C.COc1c(C)c(O)c2c(c1O)[C@H](COCc1ccccc1)N1C(=O)[C@@H]3Cc4cc(C)c(OC)c(OCc5ccccc5)c4[C@H](C1=C2)N3C. The van der Waals surface area contributed by atoms with Gasteiger partial charge in [-0.15, -0.1) is 0 Å². The van der Waals surface area contributed by atoms with E-state index < -0.39 is 18.1 Å². The first-order valence-electron chi connectivity index (χ1n) is 32.8. The van der Waals surface area contributed by atoms with E-state index in [0.717, 1.165) is 106 Å². The maximum atomic E-state index is 14.8. The second-order valence-corrected chi connectivity index (χ2v) is 25.9. The van der Waals surface area contributed by atoms with Crippen molar-refractivity contribution >= 4 is 24.0 Å². The molecule has 2 amide bonds. The number of piperazine rings is 2. The normalized spacial score (nSPS) is 19.6. The second kappa shape index (κ2) is 26.9. The summed E-state index contributed by atoms with van der Waals surface area (Å²) in [7, 11) is 10.5. The lowest BCUT2D eigenvalue weighted by molar-refractivity contribution is -0.146. The molecule has 8 aromatic carbocycles. The minimum atomic E-state index is -0.738. The van der Waals surface area contributed by atoms with Crippen molar-refractivity contribution < 1.29 is 57.7 Å². The third-order valence-electron chi connectivity index (χ3n) is 20.4. The van der Waals surface area contributed by atoms with Crippen LogP contribution in [0, 0.1) is 41.5 Å². The Balaban J connectivity index is 0.000000174. The molecule has 0 aliphatic carbocycles. The van der Waals surface area contributed by atoms with Crippen LogP contribution < -0.4 is 28.4 Å². The van der Waals surface area contributed by atoms with Crippen molar-refractivity contribution in [1.82, 2.24) is 19.6 Å². The van der Waals surface area contributed by atoms with Crippen molar-refractivity contribution in [3.63, 3.8) is 0 Å². The summed E-state index contributed by atoms with van der Waals surface area (Å²) in [4.78, 5) is 37.5. The first-order valence-corrected chi connectivity index (χ1v) is 32.8. The van der Waals surface area contributed by atoms with Crippen LogP contribution in [0.5, 0.6) is 46.0 Å². The highest BCUT2D eigenvalue weighted by Crippen LogP contribution is 2.59. The molecule has 6 atom stereocenters. The van der Waals surface area contributed by atoms with Crippen LogP contribution in [0.25, 0.3) is 12.2 Å². The zero-order valence-corrected chi connectivity index (χ0v) is 56.7. The standard InChI is InChI=1S/C41H44N2O5.C39H40N2O7/c1-24-18-30-19-33-41(44)43-32(37(42(33)5)36(30)40(38(24)45-6)48-22-29-16-12-9-13-17-29)20-31-25(2)26(3)39(46-7)27(4)35(31)34(43)23-47-21-28-14-10-8-11-15-28;1-22-16-26-17-29-39(44)41-28(33(40(29)3)31(26)38(36(22)45-4)48-20-25-14-10-7-11-15-25)18-27-32(35(43)37(46-5)23(2)34(27)42)30(41)21-47-19-24-12-8-6-9-13-24/h8-18,20,33-34,37H,19,21-23H2,1-7H3;6-16,18,29-30,33,42-43H,17,19-21H2,1-5H3/t33-,34-,37-;29-,30-,33-/m00/s1. The Morgan fingerprint density at radius 2 is 0.802 bits per heavy atom. The van der Waals surface area contributed by atoms with E-state index in [4.69, 9.17) is 37.9 Å². The second-order valence-electron chi connectivity index (χ2n) is 25.9. The van der Waals surface area contributed by atoms with E-state index in [1.165, 1.54) is 7.11 Å². The lowest BCUT2D eigenvalue weighted by atomic mass is 9.76. The molecule has 496 valence electrons. The van der Waals surface area contributed by atoms with Crippen molar-refractivity contribution in [2.45, 2.75) is 117 Å². The van der Waals surface area contributed by atoms with E-state index in [-0.39, 0.29) is 53.8 Å².